The summed E-state index contributed by atoms with van der Waals surface area (Å²) in [7, 11) is 0. The summed E-state index contributed by atoms with van der Waals surface area (Å²) in [6, 6.07) is 5.71. The molecule has 0 aromatic heterocycles. The monoisotopic (exact) mass is 361 g/mol. The summed E-state index contributed by atoms with van der Waals surface area (Å²) in [4.78, 5) is 47.0. The van der Waals surface area contributed by atoms with Crippen LogP contribution in [0.15, 0.2) is 24.3 Å². The van der Waals surface area contributed by atoms with Crippen LogP contribution in [0.3, 0.4) is 0 Å². The van der Waals surface area contributed by atoms with Crippen molar-refractivity contribution in [2.24, 2.45) is 0 Å². The molecule has 1 aromatic carbocycles. The van der Waals surface area contributed by atoms with Gasteiger partial charge in [0.25, 0.3) is 11.8 Å². The van der Waals surface area contributed by atoms with Crippen LogP contribution in [0.2, 0.25) is 0 Å². The number of carboxylic acids is 1. The van der Waals surface area contributed by atoms with E-state index in [1.807, 2.05) is 13.8 Å². The second-order valence-corrected chi connectivity index (χ2v) is 6.62. The number of nitrogens with one attached hydrogen (secondary N) is 3. The number of amides is 4. The van der Waals surface area contributed by atoms with Gasteiger partial charge in [0.1, 0.15) is 5.54 Å². The molecule has 0 saturated carbocycles. The van der Waals surface area contributed by atoms with Crippen molar-refractivity contribution in [3.8, 4) is 0 Å². The van der Waals surface area contributed by atoms with Crippen LogP contribution in [0.4, 0.5) is 4.79 Å². The number of imide groups is 1. The maximum atomic E-state index is 12.5. The number of hydrogen-bond donors (Lipinski definition) is 4. The zero-order chi connectivity index (χ0) is 19.5. The van der Waals surface area contributed by atoms with Gasteiger partial charge in [0.05, 0.1) is 12.0 Å². The minimum absolute atomic E-state index is 0.159. The molecule has 140 valence electrons. The normalized spacial score (nSPS) is 19.7. The molecule has 1 aliphatic heterocycles. The van der Waals surface area contributed by atoms with Gasteiger partial charge in [-0.05, 0) is 37.5 Å². The minimum Gasteiger partial charge on any atom is -0.481 e. The maximum absolute atomic E-state index is 12.5. The summed E-state index contributed by atoms with van der Waals surface area (Å²) < 4.78 is 0. The fourth-order valence-electron chi connectivity index (χ4n) is 3.02. The lowest BCUT2D eigenvalue weighted by molar-refractivity contribution is -0.138. The summed E-state index contributed by atoms with van der Waals surface area (Å²) in [5.74, 6) is -1.82. The predicted octanol–water partition coefficient (Wildman–Crippen LogP) is 1.50. The van der Waals surface area contributed by atoms with E-state index < -0.39 is 29.0 Å². The Kier molecular flexibility index (Phi) is 5.34. The molecule has 1 aliphatic rings. The van der Waals surface area contributed by atoms with Gasteiger partial charge in [0, 0.05) is 5.56 Å². The van der Waals surface area contributed by atoms with E-state index in [9.17, 15) is 19.2 Å². The third kappa shape index (κ3) is 3.68. The van der Waals surface area contributed by atoms with Gasteiger partial charge in [0.2, 0.25) is 0 Å². The Morgan fingerprint density at radius 2 is 1.73 bits per heavy atom. The highest BCUT2D eigenvalue weighted by Gasteiger charge is 2.43. The summed E-state index contributed by atoms with van der Waals surface area (Å²) in [5.41, 5.74) is -1.11. The number of carboxylic acid groups (broad SMARTS) is 1. The fourth-order valence-corrected chi connectivity index (χ4v) is 3.02. The SMILES string of the molecule is CCC(CC)(CC(=O)O)NC(=O)c1ccc(C2(C)NC(=O)NC2=O)cc1. The van der Waals surface area contributed by atoms with E-state index in [2.05, 4.69) is 16.0 Å². The zero-order valence-electron chi connectivity index (χ0n) is 15.0. The molecular weight excluding hydrogens is 338 g/mol. The summed E-state index contributed by atoms with van der Waals surface area (Å²) >= 11 is 0. The standard InChI is InChI=1S/C18H23N3O5/c1-4-18(5-2,10-13(22)23)20-14(24)11-6-8-12(9-7-11)17(3)15(25)19-16(26)21-17/h6-9H,4-5,10H2,1-3H3,(H,20,24)(H,22,23)(H2,19,21,25,26). The van der Waals surface area contributed by atoms with Gasteiger partial charge in [0.15, 0.2) is 0 Å². The number of benzene rings is 1. The Bertz CT molecular complexity index is 740. The van der Waals surface area contributed by atoms with E-state index in [-0.39, 0.29) is 12.3 Å². The van der Waals surface area contributed by atoms with E-state index in [1.165, 1.54) is 0 Å². The van der Waals surface area contributed by atoms with Crippen LogP contribution in [0.25, 0.3) is 0 Å². The van der Waals surface area contributed by atoms with Crippen molar-refractivity contribution in [2.45, 2.75) is 51.1 Å². The van der Waals surface area contributed by atoms with Gasteiger partial charge in [-0.3, -0.25) is 19.7 Å². The third-order valence-electron chi connectivity index (χ3n) is 4.99. The first-order valence-electron chi connectivity index (χ1n) is 8.44. The summed E-state index contributed by atoms with van der Waals surface area (Å²) in [5, 5.41) is 16.7. The Balaban J connectivity index is 2.20. The number of rotatable bonds is 7. The molecule has 1 unspecified atom stereocenters. The smallest absolute Gasteiger partial charge is 0.322 e. The van der Waals surface area contributed by atoms with Crippen molar-refractivity contribution in [1.82, 2.24) is 16.0 Å². The van der Waals surface area contributed by atoms with Gasteiger partial charge < -0.3 is 15.7 Å². The lowest BCUT2D eigenvalue weighted by Crippen LogP contribution is -2.49. The highest BCUT2D eigenvalue weighted by Crippen LogP contribution is 2.25. The van der Waals surface area contributed by atoms with Crippen LogP contribution in [0, 0.1) is 0 Å². The minimum atomic E-state index is -1.19. The molecule has 0 spiro atoms. The fraction of sp³-hybridized carbons (Fsp3) is 0.444. The number of carbonyl (C=O) groups is 4. The molecule has 8 heteroatoms. The molecule has 4 amide bonds. The number of carbonyl (C=O) groups excluding carboxylic acids is 3. The van der Waals surface area contributed by atoms with E-state index in [0.29, 0.717) is 24.0 Å². The molecule has 1 aromatic rings. The first kappa shape index (κ1) is 19.4. The van der Waals surface area contributed by atoms with Crippen molar-refractivity contribution in [3.05, 3.63) is 35.4 Å². The largest absolute Gasteiger partial charge is 0.481 e. The van der Waals surface area contributed by atoms with E-state index in [4.69, 9.17) is 5.11 Å². The van der Waals surface area contributed by atoms with Crippen LogP contribution >= 0.6 is 0 Å². The highest BCUT2D eigenvalue weighted by atomic mass is 16.4. The average molecular weight is 361 g/mol. The van der Waals surface area contributed by atoms with E-state index >= 15 is 0 Å². The van der Waals surface area contributed by atoms with Crippen LogP contribution < -0.4 is 16.0 Å². The van der Waals surface area contributed by atoms with Crippen LogP contribution in [0.1, 0.15) is 56.0 Å². The van der Waals surface area contributed by atoms with Gasteiger partial charge in [-0.25, -0.2) is 4.79 Å². The second-order valence-electron chi connectivity index (χ2n) is 6.62. The van der Waals surface area contributed by atoms with E-state index in [1.54, 1.807) is 31.2 Å². The molecule has 26 heavy (non-hydrogen) atoms. The molecule has 4 N–H and O–H groups in total. The zero-order valence-corrected chi connectivity index (χ0v) is 15.0. The molecule has 2 rings (SSSR count). The first-order valence-corrected chi connectivity index (χ1v) is 8.44. The number of hydrogen-bond acceptors (Lipinski definition) is 4. The average Bonchev–Trinajstić information content (AvgIpc) is 2.86. The third-order valence-corrected chi connectivity index (χ3v) is 4.99. The van der Waals surface area contributed by atoms with Gasteiger partial charge in [-0.15, -0.1) is 0 Å². The first-order chi connectivity index (χ1) is 12.2. The quantitative estimate of drug-likeness (QED) is 0.548. The van der Waals surface area contributed by atoms with Crippen molar-refractivity contribution in [1.29, 1.82) is 0 Å². The molecule has 1 atom stereocenters. The van der Waals surface area contributed by atoms with Crippen LogP contribution in [-0.2, 0) is 15.1 Å². The van der Waals surface area contributed by atoms with Crippen molar-refractivity contribution in [2.75, 3.05) is 0 Å². The molecule has 8 nitrogen and oxygen atoms in total. The van der Waals surface area contributed by atoms with Gasteiger partial charge >= 0.3 is 12.0 Å². The molecule has 0 radical (unpaired) electrons. The van der Waals surface area contributed by atoms with Crippen molar-refractivity contribution in [3.63, 3.8) is 0 Å². The van der Waals surface area contributed by atoms with Gasteiger partial charge in [-0.2, -0.15) is 0 Å². The van der Waals surface area contributed by atoms with Crippen molar-refractivity contribution >= 4 is 23.8 Å². The molecule has 1 saturated heterocycles. The molecule has 0 aliphatic carbocycles. The van der Waals surface area contributed by atoms with Crippen LogP contribution in [0.5, 0.6) is 0 Å². The highest BCUT2D eigenvalue weighted by molar-refractivity contribution is 6.07. The van der Waals surface area contributed by atoms with Crippen LogP contribution in [-0.4, -0.2) is 34.5 Å². The summed E-state index contributed by atoms with van der Waals surface area (Å²) in [6.07, 6.45) is 0.821. The molecule has 0 bridgehead atoms. The second kappa shape index (κ2) is 7.15. The Hall–Kier alpha value is -2.90. The lowest BCUT2D eigenvalue weighted by atomic mass is 9.88. The van der Waals surface area contributed by atoms with Crippen molar-refractivity contribution < 1.29 is 24.3 Å². The number of urea groups is 1. The summed E-state index contributed by atoms with van der Waals surface area (Å²) in [6.45, 7) is 5.24. The molecule has 1 fully saturated rings. The van der Waals surface area contributed by atoms with E-state index in [0.717, 1.165) is 0 Å². The van der Waals surface area contributed by atoms with Gasteiger partial charge in [-0.1, -0.05) is 26.0 Å². The Labute approximate surface area is 151 Å². The molecular formula is C18H23N3O5. The number of aliphatic carboxylic acids is 1. The predicted molar refractivity (Wildman–Crippen MR) is 93.5 cm³/mol. The topological polar surface area (TPSA) is 125 Å². The molecule has 1 heterocycles. The Morgan fingerprint density at radius 3 is 2.15 bits per heavy atom. The lowest BCUT2D eigenvalue weighted by Gasteiger charge is -2.31. The Morgan fingerprint density at radius 1 is 1.15 bits per heavy atom. The maximum Gasteiger partial charge on any atom is 0.322 e.